The number of thiol groups is 1. The van der Waals surface area contributed by atoms with Crippen molar-refractivity contribution < 1.29 is 8.78 Å². The Hall–Kier alpha value is -6.17. The third-order valence-electron chi connectivity index (χ3n) is 11.4. The number of benzene rings is 6. The molecule has 0 fully saturated rings. The minimum atomic E-state index is -0.309. The van der Waals surface area contributed by atoms with Crippen molar-refractivity contribution in [2.24, 2.45) is 11.8 Å². The molecule has 0 aliphatic heterocycles. The summed E-state index contributed by atoms with van der Waals surface area (Å²) in [5, 5.41) is 5.62. The lowest BCUT2D eigenvalue weighted by atomic mass is 9.77. The second-order valence-corrected chi connectivity index (χ2v) is 16.1. The van der Waals surface area contributed by atoms with E-state index < -0.39 is 0 Å². The lowest BCUT2D eigenvalue weighted by Gasteiger charge is -2.27. The monoisotopic (exact) mass is 826 g/mol. The number of rotatable bonds is 12. The molecule has 8 rings (SSSR count). The number of hydrogen-bond donors (Lipinski definition) is 3. The maximum atomic E-state index is 14.3. The lowest BCUT2D eigenvalue weighted by molar-refractivity contribution is 0.372. The van der Waals surface area contributed by atoms with Gasteiger partial charge in [0.25, 0.3) is 0 Å². The molecule has 6 aromatic carbocycles. The van der Waals surface area contributed by atoms with E-state index in [1.165, 1.54) is 47.4 Å². The molecule has 4 atom stereocenters. The summed E-state index contributed by atoms with van der Waals surface area (Å²) in [6, 6.07) is 51.3. The molecule has 310 valence electrons. The molecule has 1 aromatic heterocycles. The van der Waals surface area contributed by atoms with Crippen LogP contribution >= 0.6 is 12.6 Å². The average Bonchev–Trinajstić information content (AvgIpc) is 3.73. The fraction of sp³-hybridized carbons (Fsp3) is 0.179. The maximum absolute atomic E-state index is 14.3. The number of H-pyrrole nitrogens is 1. The van der Waals surface area contributed by atoms with E-state index in [1.807, 2.05) is 42.5 Å². The Morgan fingerprint density at radius 3 is 2.08 bits per heavy atom. The number of nitrogens with one attached hydrogen (secondary N) is 2. The van der Waals surface area contributed by atoms with E-state index in [4.69, 9.17) is 0 Å². The van der Waals surface area contributed by atoms with Gasteiger partial charge in [0.1, 0.15) is 11.6 Å². The summed E-state index contributed by atoms with van der Waals surface area (Å²) in [6.45, 7) is 11.5. The van der Waals surface area contributed by atoms with Crippen LogP contribution < -0.4 is 5.32 Å². The van der Waals surface area contributed by atoms with E-state index >= 15 is 0 Å². The van der Waals surface area contributed by atoms with E-state index in [2.05, 4.69) is 166 Å². The van der Waals surface area contributed by atoms with Gasteiger partial charge in [0.2, 0.25) is 0 Å². The molecular formula is C56H56F2N2S. The molecule has 0 saturated carbocycles. The van der Waals surface area contributed by atoms with Crippen molar-refractivity contribution in [3.05, 3.63) is 239 Å². The third kappa shape index (κ3) is 12.9. The van der Waals surface area contributed by atoms with Crippen LogP contribution in [0.15, 0.2) is 194 Å². The van der Waals surface area contributed by atoms with Gasteiger partial charge in [-0.2, -0.15) is 12.6 Å². The molecule has 0 amide bonds. The summed E-state index contributed by atoms with van der Waals surface area (Å²) in [7, 11) is 0. The molecule has 2 nitrogen and oxygen atoms in total. The molecule has 1 heterocycles. The molecule has 61 heavy (non-hydrogen) atoms. The summed E-state index contributed by atoms with van der Waals surface area (Å²) in [4.78, 5) is 3.35. The summed E-state index contributed by atoms with van der Waals surface area (Å²) in [5.74, 6) is 2.02. The van der Waals surface area contributed by atoms with Gasteiger partial charge in [-0.15, -0.1) is 0 Å². The fourth-order valence-electron chi connectivity index (χ4n) is 7.73. The van der Waals surface area contributed by atoms with Crippen LogP contribution in [0.3, 0.4) is 0 Å². The SMILES string of the molecule is C=C(NCc1cccc(F)c1)c1cc2cc(F)cc(-c3cccc(C=CS)c3)c2[nH]1.CC(Cc1ccccc1)c1ccccc1.C[C@@H](c1ccccc1)[C@@H](C)C1C=CC=CC1. The van der Waals surface area contributed by atoms with Gasteiger partial charge in [0.15, 0.2) is 0 Å². The molecule has 5 heteroatoms. The van der Waals surface area contributed by atoms with E-state index in [1.54, 1.807) is 11.5 Å². The van der Waals surface area contributed by atoms with Gasteiger partial charge in [-0.25, -0.2) is 8.78 Å². The maximum Gasteiger partial charge on any atom is 0.124 e. The van der Waals surface area contributed by atoms with Crippen molar-refractivity contribution in [2.75, 3.05) is 0 Å². The second kappa shape index (κ2) is 22.4. The number of halogens is 2. The normalized spacial score (nSPS) is 14.6. The summed E-state index contributed by atoms with van der Waals surface area (Å²) < 4.78 is 27.7. The molecule has 2 N–H and O–H groups in total. The fourth-order valence-corrected chi connectivity index (χ4v) is 7.90. The van der Waals surface area contributed by atoms with Crippen LogP contribution in [0.5, 0.6) is 0 Å². The van der Waals surface area contributed by atoms with Crippen molar-refractivity contribution in [1.29, 1.82) is 0 Å². The zero-order valence-electron chi connectivity index (χ0n) is 35.3. The van der Waals surface area contributed by atoms with E-state index in [0.717, 1.165) is 45.3 Å². The Balaban J connectivity index is 0.000000169. The van der Waals surface area contributed by atoms with Crippen LogP contribution in [-0.2, 0) is 13.0 Å². The third-order valence-corrected chi connectivity index (χ3v) is 11.6. The highest BCUT2D eigenvalue weighted by Gasteiger charge is 2.21. The van der Waals surface area contributed by atoms with E-state index in [0.29, 0.717) is 35.9 Å². The van der Waals surface area contributed by atoms with Crippen molar-refractivity contribution in [3.8, 4) is 11.1 Å². The Kier molecular flexibility index (Phi) is 16.3. The van der Waals surface area contributed by atoms with Crippen molar-refractivity contribution in [3.63, 3.8) is 0 Å². The average molecular weight is 827 g/mol. The first-order valence-electron chi connectivity index (χ1n) is 21.1. The Morgan fingerprint density at radius 1 is 0.738 bits per heavy atom. The zero-order chi connectivity index (χ0) is 43.0. The first kappa shape index (κ1) is 44.4. The van der Waals surface area contributed by atoms with Gasteiger partial charge in [-0.3, -0.25) is 0 Å². The number of allylic oxidation sites excluding steroid dienone is 4. The first-order valence-corrected chi connectivity index (χ1v) is 21.6. The molecule has 0 radical (unpaired) electrons. The standard InChI is InChI=1S/C25H20F2N2S.C16H20.C15H16/c1-16(28-15-18-5-3-7-21(26)11-18)24-13-20-12-22(27)14-23(25(20)29-24)19-6-2-4-17(10-19)8-9-30;1-13(15-9-5-3-6-10-15)14(2)16-11-7-4-8-12-16;1-13(15-10-6-3-7-11-15)12-14-8-4-2-5-9-14/h2-14,28-30H,1,15H2;3-11,13-14,16H,12H2,1-2H3;2-11,13H,12H2,1H3/t;13-,14-,16?;/m.1./s1. The molecule has 0 saturated heterocycles. The molecular weight excluding hydrogens is 771 g/mol. The molecule has 1 aliphatic carbocycles. The number of fused-ring (bicyclic) bond motifs is 1. The van der Waals surface area contributed by atoms with E-state index in [-0.39, 0.29) is 11.6 Å². The van der Waals surface area contributed by atoms with E-state index in [9.17, 15) is 8.78 Å². The Labute approximate surface area is 366 Å². The zero-order valence-corrected chi connectivity index (χ0v) is 36.2. The van der Waals surface area contributed by atoms with Crippen molar-refractivity contribution in [2.45, 2.75) is 52.0 Å². The van der Waals surface area contributed by atoms with Gasteiger partial charge in [0.05, 0.1) is 16.9 Å². The molecule has 0 bridgehead atoms. The molecule has 2 unspecified atom stereocenters. The van der Waals surface area contributed by atoms with Crippen LogP contribution in [0, 0.1) is 23.5 Å². The largest absolute Gasteiger partial charge is 0.380 e. The summed E-state index contributed by atoms with van der Waals surface area (Å²) in [5.41, 5.74) is 9.97. The number of hydrogen-bond acceptors (Lipinski definition) is 2. The van der Waals surface area contributed by atoms with Crippen LogP contribution in [-0.4, -0.2) is 4.98 Å². The smallest absolute Gasteiger partial charge is 0.124 e. The predicted molar refractivity (Wildman–Crippen MR) is 259 cm³/mol. The van der Waals surface area contributed by atoms with Gasteiger partial charge < -0.3 is 10.3 Å². The molecule has 1 aliphatic rings. The van der Waals surface area contributed by atoms with Gasteiger partial charge in [0, 0.05) is 17.5 Å². The summed E-state index contributed by atoms with van der Waals surface area (Å²) >= 11 is 4.12. The van der Waals surface area contributed by atoms with Gasteiger partial charge in [-0.1, -0.05) is 173 Å². The highest BCUT2D eigenvalue weighted by molar-refractivity contribution is 7.83. The highest BCUT2D eigenvalue weighted by atomic mass is 32.1. The number of aromatic nitrogens is 1. The minimum Gasteiger partial charge on any atom is -0.380 e. The number of aromatic amines is 1. The van der Waals surface area contributed by atoms with Gasteiger partial charge in [-0.05, 0) is 118 Å². The van der Waals surface area contributed by atoms with Crippen LogP contribution in [0.2, 0.25) is 0 Å². The first-order chi connectivity index (χ1) is 29.7. The van der Waals surface area contributed by atoms with Crippen LogP contribution in [0.1, 0.15) is 72.5 Å². The Bertz CT molecular complexity index is 2540. The van der Waals surface area contributed by atoms with Crippen LogP contribution in [0.4, 0.5) is 8.78 Å². The van der Waals surface area contributed by atoms with Crippen molar-refractivity contribution >= 4 is 35.3 Å². The second-order valence-electron chi connectivity index (χ2n) is 15.8. The predicted octanol–water partition coefficient (Wildman–Crippen LogP) is 15.4. The highest BCUT2D eigenvalue weighted by Crippen LogP contribution is 2.34. The lowest BCUT2D eigenvalue weighted by Crippen LogP contribution is -2.16. The van der Waals surface area contributed by atoms with Gasteiger partial charge >= 0.3 is 0 Å². The molecule has 0 spiro atoms. The minimum absolute atomic E-state index is 0.277. The summed E-state index contributed by atoms with van der Waals surface area (Å²) in [6.07, 6.45) is 13.1. The quantitative estimate of drug-likeness (QED) is 0.105. The molecule has 7 aromatic rings. The van der Waals surface area contributed by atoms with Crippen molar-refractivity contribution in [1.82, 2.24) is 10.3 Å². The topological polar surface area (TPSA) is 27.8 Å². The van der Waals surface area contributed by atoms with Crippen LogP contribution in [0.25, 0.3) is 33.8 Å². The Morgan fingerprint density at radius 2 is 1.41 bits per heavy atom.